The second-order valence-corrected chi connectivity index (χ2v) is 4.10. The van der Waals surface area contributed by atoms with Gasteiger partial charge in [0.2, 0.25) is 0 Å². The van der Waals surface area contributed by atoms with E-state index in [2.05, 4.69) is 5.32 Å². The van der Waals surface area contributed by atoms with Crippen LogP contribution in [0.25, 0.3) is 0 Å². The van der Waals surface area contributed by atoms with Gasteiger partial charge < -0.3 is 30.5 Å². The van der Waals surface area contributed by atoms with Crippen molar-refractivity contribution in [3.05, 3.63) is 23.8 Å². The van der Waals surface area contributed by atoms with Crippen molar-refractivity contribution < 1.29 is 30.0 Å². The summed E-state index contributed by atoms with van der Waals surface area (Å²) in [6.07, 6.45) is 0. The third-order valence-electron chi connectivity index (χ3n) is 2.73. The van der Waals surface area contributed by atoms with Crippen molar-refractivity contribution in [1.82, 2.24) is 5.32 Å². The van der Waals surface area contributed by atoms with Crippen LogP contribution in [0, 0.1) is 0 Å². The first kappa shape index (κ1) is 15.2. The Hall–Kier alpha value is -1.83. The fraction of sp³-hybridized carbons (Fsp3) is 0.417. The van der Waals surface area contributed by atoms with Gasteiger partial charge in [-0.3, -0.25) is 4.79 Å². The fourth-order valence-electron chi connectivity index (χ4n) is 1.41. The van der Waals surface area contributed by atoms with Crippen LogP contribution in [-0.4, -0.2) is 58.8 Å². The summed E-state index contributed by atoms with van der Waals surface area (Å²) in [5.74, 6) is -0.637. The Balaban J connectivity index is 2.92. The van der Waals surface area contributed by atoms with Gasteiger partial charge in [-0.2, -0.15) is 0 Å². The molecular weight excluding hydrogens is 254 g/mol. The largest absolute Gasteiger partial charge is 0.504 e. The molecule has 1 aromatic carbocycles. The van der Waals surface area contributed by atoms with E-state index in [1.807, 2.05) is 0 Å². The van der Waals surface area contributed by atoms with Crippen LogP contribution < -0.4 is 10.1 Å². The lowest BCUT2D eigenvalue weighted by Crippen LogP contribution is -2.57. The topological polar surface area (TPSA) is 119 Å². The third kappa shape index (κ3) is 3.34. The highest BCUT2D eigenvalue weighted by Crippen LogP contribution is 2.26. The number of carbonyl (C=O) groups excluding carboxylic acids is 1. The van der Waals surface area contributed by atoms with Crippen LogP contribution in [-0.2, 0) is 0 Å². The first-order chi connectivity index (χ1) is 9.01. The molecule has 0 aromatic heterocycles. The molecule has 0 aliphatic carbocycles. The number of carbonyl (C=O) groups is 1. The average Bonchev–Trinajstić information content (AvgIpc) is 2.44. The van der Waals surface area contributed by atoms with Gasteiger partial charge in [-0.15, -0.1) is 0 Å². The monoisotopic (exact) mass is 271 g/mol. The van der Waals surface area contributed by atoms with Crippen molar-refractivity contribution in [2.75, 3.05) is 26.9 Å². The molecule has 0 heterocycles. The summed E-state index contributed by atoms with van der Waals surface area (Å²) >= 11 is 0. The first-order valence-electron chi connectivity index (χ1n) is 5.54. The van der Waals surface area contributed by atoms with Crippen molar-refractivity contribution in [2.24, 2.45) is 0 Å². The van der Waals surface area contributed by atoms with Crippen molar-refractivity contribution >= 4 is 5.91 Å². The lowest BCUT2D eigenvalue weighted by Gasteiger charge is -2.28. The van der Waals surface area contributed by atoms with E-state index in [0.29, 0.717) is 0 Å². The molecule has 0 saturated carbocycles. The van der Waals surface area contributed by atoms with Crippen LogP contribution in [0.4, 0.5) is 0 Å². The maximum Gasteiger partial charge on any atom is 0.252 e. The number of phenolic OH excluding ortho intramolecular Hbond substituents is 1. The summed E-state index contributed by atoms with van der Waals surface area (Å²) in [6, 6.07) is 4.00. The molecule has 1 amide bonds. The van der Waals surface area contributed by atoms with Crippen LogP contribution in [0.2, 0.25) is 0 Å². The van der Waals surface area contributed by atoms with Crippen LogP contribution in [0.3, 0.4) is 0 Å². The summed E-state index contributed by atoms with van der Waals surface area (Å²) in [4.78, 5) is 11.9. The van der Waals surface area contributed by atoms with Gasteiger partial charge in [0, 0.05) is 5.56 Å². The molecule has 1 rings (SSSR count). The highest BCUT2D eigenvalue weighted by Gasteiger charge is 2.30. The van der Waals surface area contributed by atoms with E-state index in [9.17, 15) is 9.90 Å². The van der Waals surface area contributed by atoms with E-state index >= 15 is 0 Å². The smallest absolute Gasteiger partial charge is 0.252 e. The molecule has 0 radical (unpaired) electrons. The average molecular weight is 271 g/mol. The SMILES string of the molecule is COc1ccc(C(=O)NC(CO)(CO)CO)cc1O. The molecule has 0 aliphatic rings. The minimum Gasteiger partial charge on any atom is -0.504 e. The molecule has 0 aliphatic heterocycles. The standard InChI is InChI=1S/C12H17NO6/c1-19-10-3-2-8(4-9(10)17)11(18)13-12(5-14,6-15)7-16/h2-4,14-17H,5-7H2,1H3,(H,13,18). The Bertz CT molecular complexity index is 436. The summed E-state index contributed by atoms with van der Waals surface area (Å²) in [6.45, 7) is -1.85. The van der Waals surface area contributed by atoms with Crippen molar-refractivity contribution in [3.8, 4) is 11.5 Å². The van der Waals surface area contributed by atoms with Gasteiger partial charge in [-0.25, -0.2) is 0 Å². The van der Waals surface area contributed by atoms with E-state index in [1.54, 1.807) is 0 Å². The lowest BCUT2D eigenvalue weighted by molar-refractivity contribution is 0.0375. The molecule has 1 aromatic rings. The van der Waals surface area contributed by atoms with Gasteiger partial charge in [-0.05, 0) is 18.2 Å². The zero-order valence-corrected chi connectivity index (χ0v) is 10.5. The van der Waals surface area contributed by atoms with Gasteiger partial charge >= 0.3 is 0 Å². The molecule has 0 bridgehead atoms. The molecule has 0 unspecified atom stereocenters. The summed E-state index contributed by atoms with van der Waals surface area (Å²) in [7, 11) is 1.38. The second-order valence-electron chi connectivity index (χ2n) is 4.10. The highest BCUT2D eigenvalue weighted by molar-refractivity contribution is 5.95. The normalized spacial score (nSPS) is 11.2. The van der Waals surface area contributed by atoms with E-state index < -0.39 is 31.3 Å². The summed E-state index contributed by atoms with van der Waals surface area (Å²) < 4.78 is 4.84. The minimum atomic E-state index is -1.51. The van der Waals surface area contributed by atoms with E-state index in [-0.39, 0.29) is 17.1 Å². The Morgan fingerprint density at radius 2 is 1.84 bits per heavy atom. The number of aliphatic hydroxyl groups is 3. The number of hydrogen-bond acceptors (Lipinski definition) is 6. The van der Waals surface area contributed by atoms with Gasteiger partial charge in [0.15, 0.2) is 11.5 Å². The van der Waals surface area contributed by atoms with Crippen molar-refractivity contribution in [3.63, 3.8) is 0 Å². The molecule has 0 saturated heterocycles. The zero-order chi connectivity index (χ0) is 14.5. The Kier molecular flexibility index (Phi) is 5.11. The van der Waals surface area contributed by atoms with Gasteiger partial charge in [-0.1, -0.05) is 0 Å². The maximum absolute atomic E-state index is 11.9. The number of phenols is 1. The van der Waals surface area contributed by atoms with E-state index in [4.69, 9.17) is 20.1 Å². The predicted octanol–water partition coefficient (Wildman–Crippen LogP) is -1.15. The molecule has 106 valence electrons. The molecule has 0 atom stereocenters. The lowest BCUT2D eigenvalue weighted by atomic mass is 10.0. The Labute approximate surface area is 110 Å². The number of benzene rings is 1. The number of methoxy groups -OCH3 is 1. The molecule has 0 spiro atoms. The van der Waals surface area contributed by atoms with Gasteiger partial charge in [0.1, 0.15) is 5.54 Å². The predicted molar refractivity (Wildman–Crippen MR) is 66.1 cm³/mol. The molecular formula is C12H17NO6. The van der Waals surface area contributed by atoms with Crippen LogP contribution in [0.15, 0.2) is 18.2 Å². The molecule has 5 N–H and O–H groups in total. The van der Waals surface area contributed by atoms with Crippen LogP contribution in [0.5, 0.6) is 11.5 Å². The van der Waals surface area contributed by atoms with Gasteiger partial charge in [0.05, 0.1) is 26.9 Å². The van der Waals surface area contributed by atoms with Crippen LogP contribution >= 0.6 is 0 Å². The second kappa shape index (κ2) is 6.37. The number of hydrogen-bond donors (Lipinski definition) is 5. The number of rotatable bonds is 6. The molecule has 7 nitrogen and oxygen atoms in total. The summed E-state index contributed by atoms with van der Waals surface area (Å²) in [5.41, 5.74) is -1.40. The number of ether oxygens (including phenoxy) is 1. The summed E-state index contributed by atoms with van der Waals surface area (Å²) in [5, 5.41) is 39.2. The van der Waals surface area contributed by atoms with Crippen molar-refractivity contribution in [2.45, 2.75) is 5.54 Å². The molecule has 0 fully saturated rings. The Morgan fingerprint density at radius 3 is 2.26 bits per heavy atom. The van der Waals surface area contributed by atoms with E-state index in [1.165, 1.54) is 25.3 Å². The Morgan fingerprint density at radius 1 is 1.26 bits per heavy atom. The zero-order valence-electron chi connectivity index (χ0n) is 10.5. The molecule has 7 heteroatoms. The van der Waals surface area contributed by atoms with E-state index in [0.717, 1.165) is 0 Å². The number of amides is 1. The van der Waals surface area contributed by atoms with Gasteiger partial charge in [0.25, 0.3) is 5.91 Å². The number of nitrogens with one attached hydrogen (secondary N) is 1. The van der Waals surface area contributed by atoms with Crippen LogP contribution in [0.1, 0.15) is 10.4 Å². The number of aliphatic hydroxyl groups excluding tert-OH is 3. The minimum absolute atomic E-state index is 0.109. The van der Waals surface area contributed by atoms with Crippen molar-refractivity contribution in [1.29, 1.82) is 0 Å². The number of aromatic hydroxyl groups is 1. The maximum atomic E-state index is 11.9. The first-order valence-corrected chi connectivity index (χ1v) is 5.54. The molecule has 19 heavy (non-hydrogen) atoms. The fourth-order valence-corrected chi connectivity index (χ4v) is 1.41. The quantitative estimate of drug-likeness (QED) is 0.445. The highest BCUT2D eigenvalue weighted by atomic mass is 16.5. The third-order valence-corrected chi connectivity index (χ3v) is 2.73.